The van der Waals surface area contributed by atoms with Crippen molar-refractivity contribution in [2.45, 2.75) is 18.9 Å². The van der Waals surface area contributed by atoms with Crippen molar-refractivity contribution in [3.63, 3.8) is 0 Å². The van der Waals surface area contributed by atoms with Gasteiger partial charge in [0.15, 0.2) is 0 Å². The number of nitrogens with zero attached hydrogens (tertiary/aromatic N) is 4. The summed E-state index contributed by atoms with van der Waals surface area (Å²) >= 11 is 0. The Kier molecular flexibility index (Phi) is 4.04. The summed E-state index contributed by atoms with van der Waals surface area (Å²) in [6, 6.07) is 10.4. The SMILES string of the molecule is Fc1ccc(CN2CC[C@H](c3nc(-c4ccncc4)no3)C2)cc1. The van der Waals surface area contributed by atoms with Gasteiger partial charge in [-0.1, -0.05) is 17.3 Å². The second kappa shape index (κ2) is 6.49. The van der Waals surface area contributed by atoms with E-state index in [1.54, 1.807) is 12.4 Å². The lowest BCUT2D eigenvalue weighted by Gasteiger charge is -2.15. The van der Waals surface area contributed by atoms with Gasteiger partial charge in [-0.15, -0.1) is 0 Å². The largest absolute Gasteiger partial charge is 0.339 e. The van der Waals surface area contributed by atoms with E-state index in [1.807, 2.05) is 24.3 Å². The number of likely N-dealkylation sites (tertiary alicyclic amines) is 1. The van der Waals surface area contributed by atoms with Crippen LogP contribution in [0.25, 0.3) is 11.4 Å². The maximum Gasteiger partial charge on any atom is 0.231 e. The van der Waals surface area contributed by atoms with Gasteiger partial charge in [-0.25, -0.2) is 4.39 Å². The van der Waals surface area contributed by atoms with Crippen LogP contribution in [0.1, 0.15) is 23.8 Å². The lowest BCUT2D eigenvalue weighted by atomic mass is 10.1. The van der Waals surface area contributed by atoms with Gasteiger partial charge < -0.3 is 4.52 Å². The average molecular weight is 324 g/mol. The highest BCUT2D eigenvalue weighted by molar-refractivity contribution is 5.52. The Bertz CT molecular complexity index is 803. The molecule has 0 bridgehead atoms. The molecule has 0 aliphatic carbocycles. The van der Waals surface area contributed by atoms with Crippen molar-refractivity contribution in [3.05, 3.63) is 66.1 Å². The summed E-state index contributed by atoms with van der Waals surface area (Å²) in [7, 11) is 0. The predicted octanol–water partition coefficient (Wildman–Crippen LogP) is 3.26. The molecule has 0 unspecified atom stereocenters. The van der Waals surface area contributed by atoms with E-state index >= 15 is 0 Å². The van der Waals surface area contributed by atoms with Crippen LogP contribution in [0.15, 0.2) is 53.3 Å². The molecule has 0 spiro atoms. The van der Waals surface area contributed by atoms with Gasteiger partial charge in [0.05, 0.1) is 5.92 Å². The first kappa shape index (κ1) is 15.0. The quantitative estimate of drug-likeness (QED) is 0.737. The molecular weight excluding hydrogens is 307 g/mol. The van der Waals surface area contributed by atoms with Crippen molar-refractivity contribution in [1.29, 1.82) is 0 Å². The highest BCUT2D eigenvalue weighted by Gasteiger charge is 2.28. The molecule has 1 atom stereocenters. The van der Waals surface area contributed by atoms with E-state index < -0.39 is 0 Å². The third-order valence-electron chi connectivity index (χ3n) is 4.32. The standard InChI is InChI=1S/C18H17FN4O/c19-16-3-1-13(2-4-16)11-23-10-7-15(12-23)18-21-17(22-24-18)14-5-8-20-9-6-14/h1-6,8-9,15H,7,10-12H2/t15-/m0/s1. The smallest absolute Gasteiger partial charge is 0.231 e. The molecule has 1 saturated heterocycles. The number of hydrogen-bond acceptors (Lipinski definition) is 5. The number of aromatic nitrogens is 3. The monoisotopic (exact) mass is 324 g/mol. The molecule has 122 valence electrons. The fraction of sp³-hybridized carbons (Fsp3) is 0.278. The molecular formula is C18H17FN4O. The zero-order valence-corrected chi connectivity index (χ0v) is 13.1. The third-order valence-corrected chi connectivity index (χ3v) is 4.32. The Balaban J connectivity index is 1.42. The number of pyridine rings is 1. The van der Waals surface area contributed by atoms with E-state index in [2.05, 4.69) is 20.0 Å². The number of benzene rings is 1. The van der Waals surface area contributed by atoms with Crippen LogP contribution in [0, 0.1) is 5.82 Å². The number of halogens is 1. The number of hydrogen-bond donors (Lipinski definition) is 0. The van der Waals surface area contributed by atoms with Crippen LogP contribution in [0.5, 0.6) is 0 Å². The molecule has 4 rings (SSSR count). The molecule has 5 nitrogen and oxygen atoms in total. The Morgan fingerprint density at radius 1 is 1.12 bits per heavy atom. The van der Waals surface area contributed by atoms with Gasteiger partial charge in [0.2, 0.25) is 11.7 Å². The third kappa shape index (κ3) is 3.19. The Hall–Kier alpha value is -2.60. The molecule has 1 aliphatic heterocycles. The minimum absolute atomic E-state index is 0.201. The van der Waals surface area contributed by atoms with Crippen LogP contribution in [0.4, 0.5) is 4.39 Å². The predicted molar refractivity (Wildman–Crippen MR) is 86.6 cm³/mol. The zero-order chi connectivity index (χ0) is 16.4. The lowest BCUT2D eigenvalue weighted by Crippen LogP contribution is -2.19. The van der Waals surface area contributed by atoms with E-state index in [9.17, 15) is 4.39 Å². The first-order chi connectivity index (χ1) is 11.8. The van der Waals surface area contributed by atoms with Gasteiger partial charge in [-0.3, -0.25) is 9.88 Å². The fourth-order valence-electron chi connectivity index (χ4n) is 3.05. The van der Waals surface area contributed by atoms with E-state index in [-0.39, 0.29) is 11.7 Å². The highest BCUT2D eigenvalue weighted by atomic mass is 19.1. The molecule has 6 heteroatoms. The first-order valence-corrected chi connectivity index (χ1v) is 7.99. The first-order valence-electron chi connectivity index (χ1n) is 7.99. The maximum absolute atomic E-state index is 13.0. The highest BCUT2D eigenvalue weighted by Crippen LogP contribution is 2.28. The zero-order valence-electron chi connectivity index (χ0n) is 13.1. The second-order valence-corrected chi connectivity index (χ2v) is 6.04. The summed E-state index contributed by atoms with van der Waals surface area (Å²) < 4.78 is 18.4. The lowest BCUT2D eigenvalue weighted by molar-refractivity contribution is 0.309. The molecule has 1 aliphatic rings. The minimum Gasteiger partial charge on any atom is -0.339 e. The van der Waals surface area contributed by atoms with Crippen LogP contribution in [0.2, 0.25) is 0 Å². The van der Waals surface area contributed by atoms with Crippen LogP contribution in [-0.4, -0.2) is 33.1 Å². The average Bonchev–Trinajstić information content (AvgIpc) is 3.27. The van der Waals surface area contributed by atoms with Crippen molar-refractivity contribution in [2.75, 3.05) is 13.1 Å². The summed E-state index contributed by atoms with van der Waals surface area (Å²) in [4.78, 5) is 10.9. The van der Waals surface area contributed by atoms with Crippen molar-refractivity contribution < 1.29 is 8.91 Å². The van der Waals surface area contributed by atoms with E-state index in [0.29, 0.717) is 11.7 Å². The van der Waals surface area contributed by atoms with Crippen LogP contribution in [-0.2, 0) is 6.54 Å². The Morgan fingerprint density at radius 2 is 1.92 bits per heavy atom. The number of rotatable bonds is 4. The van der Waals surface area contributed by atoms with Gasteiger partial charge in [0.1, 0.15) is 5.82 Å². The summed E-state index contributed by atoms with van der Waals surface area (Å²) in [6.07, 6.45) is 4.41. The molecule has 0 saturated carbocycles. The molecule has 0 N–H and O–H groups in total. The molecule has 3 heterocycles. The summed E-state index contributed by atoms with van der Waals surface area (Å²) in [5.74, 6) is 1.33. The van der Waals surface area contributed by atoms with Crippen molar-refractivity contribution in [2.24, 2.45) is 0 Å². The van der Waals surface area contributed by atoms with E-state index in [0.717, 1.165) is 37.2 Å². The summed E-state index contributed by atoms with van der Waals surface area (Å²) in [5.41, 5.74) is 2.02. The molecule has 2 aromatic heterocycles. The van der Waals surface area contributed by atoms with Gasteiger partial charge in [-0.2, -0.15) is 4.98 Å². The second-order valence-electron chi connectivity index (χ2n) is 6.04. The van der Waals surface area contributed by atoms with E-state index in [4.69, 9.17) is 4.52 Å². The fourth-order valence-corrected chi connectivity index (χ4v) is 3.05. The van der Waals surface area contributed by atoms with Crippen LogP contribution in [0.3, 0.4) is 0 Å². The van der Waals surface area contributed by atoms with Crippen molar-refractivity contribution in [1.82, 2.24) is 20.0 Å². The topological polar surface area (TPSA) is 55.1 Å². The molecule has 0 amide bonds. The molecule has 0 radical (unpaired) electrons. The van der Waals surface area contributed by atoms with Gasteiger partial charge in [0, 0.05) is 31.0 Å². The normalized spacial score (nSPS) is 18.1. The minimum atomic E-state index is -0.201. The van der Waals surface area contributed by atoms with Gasteiger partial charge >= 0.3 is 0 Å². The summed E-state index contributed by atoms with van der Waals surface area (Å²) in [6.45, 7) is 2.65. The van der Waals surface area contributed by atoms with Crippen molar-refractivity contribution >= 4 is 0 Å². The van der Waals surface area contributed by atoms with Gasteiger partial charge in [-0.05, 0) is 42.8 Å². The molecule has 24 heavy (non-hydrogen) atoms. The maximum atomic E-state index is 13.0. The van der Waals surface area contributed by atoms with Crippen LogP contribution >= 0.6 is 0 Å². The molecule has 3 aromatic rings. The molecule has 1 fully saturated rings. The van der Waals surface area contributed by atoms with Gasteiger partial charge in [0.25, 0.3) is 0 Å². The summed E-state index contributed by atoms with van der Waals surface area (Å²) in [5, 5.41) is 4.08. The Labute approximate surface area is 139 Å². The van der Waals surface area contributed by atoms with Crippen LogP contribution < -0.4 is 0 Å². The molecule has 1 aromatic carbocycles. The van der Waals surface area contributed by atoms with E-state index in [1.165, 1.54) is 12.1 Å². The van der Waals surface area contributed by atoms with Crippen molar-refractivity contribution in [3.8, 4) is 11.4 Å². The Morgan fingerprint density at radius 3 is 2.71 bits per heavy atom.